The number of methoxy groups -OCH3 is 1. The van der Waals surface area contributed by atoms with E-state index in [0.717, 1.165) is 28.9 Å². The molecule has 2 aliphatic heterocycles. The second-order valence-corrected chi connectivity index (χ2v) is 7.29. The standard InChI is InChI=1S/C15H11F3N2O.C9H10O3.C2H6/c16-15(17,18)11-5-3-7-19-12(11)9-20-13-6-2-1-4-10(13)8-14(20)21;1-10-7-2-3-8-9(6-7)12-5-4-11-8;1-2/h1-7H,8-9H2;2-3,6H,4-5H2,1H3;1-2H3. The molecule has 0 spiro atoms. The molecule has 0 N–H and O–H groups in total. The Morgan fingerprint density at radius 1 is 1.00 bits per heavy atom. The molecule has 186 valence electrons. The summed E-state index contributed by atoms with van der Waals surface area (Å²) < 4.78 is 54.7. The fourth-order valence-electron chi connectivity index (χ4n) is 3.61. The highest BCUT2D eigenvalue weighted by atomic mass is 19.4. The van der Waals surface area contributed by atoms with Gasteiger partial charge >= 0.3 is 6.18 Å². The van der Waals surface area contributed by atoms with Crippen molar-refractivity contribution in [3.8, 4) is 17.2 Å². The van der Waals surface area contributed by atoms with Gasteiger partial charge in [0.1, 0.15) is 19.0 Å². The molecule has 0 saturated heterocycles. The van der Waals surface area contributed by atoms with Crippen LogP contribution in [0.2, 0.25) is 0 Å². The third kappa shape index (κ3) is 6.23. The Morgan fingerprint density at radius 2 is 1.71 bits per heavy atom. The molecular weight excluding hydrogens is 461 g/mol. The molecule has 6 nitrogen and oxygen atoms in total. The number of halogens is 3. The predicted octanol–water partition coefficient (Wildman–Crippen LogP) is 5.68. The van der Waals surface area contributed by atoms with Gasteiger partial charge in [-0.25, -0.2) is 0 Å². The van der Waals surface area contributed by atoms with Crippen molar-refractivity contribution >= 4 is 11.6 Å². The first-order chi connectivity index (χ1) is 16.9. The van der Waals surface area contributed by atoms with Crippen LogP contribution in [0.25, 0.3) is 0 Å². The molecule has 2 aromatic carbocycles. The van der Waals surface area contributed by atoms with E-state index < -0.39 is 11.7 Å². The summed E-state index contributed by atoms with van der Waals surface area (Å²) in [6, 6.07) is 14.9. The van der Waals surface area contributed by atoms with E-state index in [1.165, 1.54) is 17.2 Å². The van der Waals surface area contributed by atoms with Crippen LogP contribution in [-0.4, -0.2) is 31.2 Å². The minimum Gasteiger partial charge on any atom is -0.497 e. The number of alkyl halides is 3. The highest BCUT2D eigenvalue weighted by molar-refractivity contribution is 6.01. The largest absolute Gasteiger partial charge is 0.497 e. The molecule has 0 unspecified atom stereocenters. The van der Waals surface area contributed by atoms with Crippen molar-refractivity contribution in [1.29, 1.82) is 0 Å². The maximum Gasteiger partial charge on any atom is 0.418 e. The Labute approximate surface area is 202 Å². The molecule has 3 heterocycles. The predicted molar refractivity (Wildman–Crippen MR) is 126 cm³/mol. The molecule has 0 fully saturated rings. The second kappa shape index (κ2) is 11.6. The van der Waals surface area contributed by atoms with E-state index >= 15 is 0 Å². The SMILES string of the molecule is CC.COc1ccc2c(c1)OCCO2.O=C1Cc2ccccc2N1Cc1ncccc1C(F)(F)F. The van der Waals surface area contributed by atoms with Gasteiger partial charge in [0, 0.05) is 18.0 Å². The molecule has 0 bridgehead atoms. The smallest absolute Gasteiger partial charge is 0.418 e. The lowest BCUT2D eigenvalue weighted by Crippen LogP contribution is -2.28. The first-order valence-electron chi connectivity index (χ1n) is 11.2. The van der Waals surface area contributed by atoms with E-state index in [4.69, 9.17) is 14.2 Å². The topological polar surface area (TPSA) is 60.9 Å². The highest BCUT2D eigenvalue weighted by Gasteiger charge is 2.36. The number of anilines is 1. The Morgan fingerprint density at radius 3 is 2.43 bits per heavy atom. The van der Waals surface area contributed by atoms with Crippen LogP contribution in [0.4, 0.5) is 18.9 Å². The average molecular weight is 489 g/mol. The van der Waals surface area contributed by atoms with Crippen LogP contribution < -0.4 is 19.1 Å². The fraction of sp³-hybridized carbons (Fsp3) is 0.308. The van der Waals surface area contributed by atoms with Gasteiger partial charge in [-0.2, -0.15) is 13.2 Å². The van der Waals surface area contributed by atoms with Crippen LogP contribution in [0.5, 0.6) is 17.2 Å². The van der Waals surface area contributed by atoms with E-state index in [9.17, 15) is 18.0 Å². The lowest BCUT2D eigenvalue weighted by atomic mass is 10.1. The van der Waals surface area contributed by atoms with Gasteiger partial charge in [-0.15, -0.1) is 0 Å². The first-order valence-corrected chi connectivity index (χ1v) is 11.2. The summed E-state index contributed by atoms with van der Waals surface area (Å²) in [6.07, 6.45) is -2.97. The third-order valence-electron chi connectivity index (χ3n) is 5.18. The molecule has 9 heteroatoms. The molecule has 0 radical (unpaired) electrons. The van der Waals surface area contributed by atoms with Gasteiger partial charge in [-0.1, -0.05) is 32.0 Å². The summed E-state index contributed by atoms with van der Waals surface area (Å²) in [4.78, 5) is 17.2. The Balaban J connectivity index is 0.000000207. The molecular formula is C26H27F3N2O4. The van der Waals surface area contributed by atoms with Crippen molar-refractivity contribution in [2.75, 3.05) is 25.2 Å². The zero-order valence-electron chi connectivity index (χ0n) is 19.8. The van der Waals surface area contributed by atoms with Gasteiger partial charge in [0.15, 0.2) is 11.5 Å². The maximum atomic E-state index is 13.0. The normalized spacial score (nSPS) is 13.7. The van der Waals surface area contributed by atoms with E-state index in [1.807, 2.05) is 32.0 Å². The average Bonchev–Trinajstić information content (AvgIpc) is 3.20. The summed E-state index contributed by atoms with van der Waals surface area (Å²) in [5, 5.41) is 0. The lowest BCUT2D eigenvalue weighted by molar-refractivity contribution is -0.138. The lowest BCUT2D eigenvalue weighted by Gasteiger charge is -2.19. The van der Waals surface area contributed by atoms with E-state index in [-0.39, 0.29) is 24.6 Å². The molecule has 0 aliphatic carbocycles. The summed E-state index contributed by atoms with van der Waals surface area (Å²) in [5.74, 6) is 2.14. The van der Waals surface area contributed by atoms with E-state index in [0.29, 0.717) is 18.9 Å². The number of amides is 1. The number of rotatable bonds is 3. The maximum absolute atomic E-state index is 13.0. The van der Waals surface area contributed by atoms with Crippen LogP contribution in [0.15, 0.2) is 60.8 Å². The van der Waals surface area contributed by atoms with E-state index in [2.05, 4.69) is 4.98 Å². The molecule has 1 aromatic heterocycles. The number of benzene rings is 2. The van der Waals surface area contributed by atoms with Crippen LogP contribution in [0.1, 0.15) is 30.7 Å². The highest BCUT2D eigenvalue weighted by Crippen LogP contribution is 2.35. The van der Waals surface area contributed by atoms with Crippen molar-refractivity contribution in [2.45, 2.75) is 33.0 Å². The third-order valence-corrected chi connectivity index (χ3v) is 5.18. The fourth-order valence-corrected chi connectivity index (χ4v) is 3.61. The molecule has 2 aliphatic rings. The number of pyridine rings is 1. The van der Waals surface area contributed by atoms with Gasteiger partial charge in [0.2, 0.25) is 5.91 Å². The zero-order chi connectivity index (χ0) is 25.4. The van der Waals surface area contributed by atoms with Crippen molar-refractivity contribution < 1.29 is 32.2 Å². The monoisotopic (exact) mass is 488 g/mol. The molecule has 0 atom stereocenters. The van der Waals surface area contributed by atoms with Gasteiger partial charge in [0.05, 0.1) is 31.3 Å². The number of para-hydroxylation sites is 1. The van der Waals surface area contributed by atoms with Crippen LogP contribution >= 0.6 is 0 Å². The molecule has 0 saturated carbocycles. The van der Waals surface area contributed by atoms with E-state index in [1.54, 1.807) is 31.4 Å². The van der Waals surface area contributed by atoms with Crippen LogP contribution in [0, 0.1) is 0 Å². The number of aromatic nitrogens is 1. The number of fused-ring (bicyclic) bond motifs is 2. The number of hydrogen-bond acceptors (Lipinski definition) is 5. The van der Waals surface area contributed by atoms with Gasteiger partial charge in [-0.3, -0.25) is 9.78 Å². The number of nitrogens with zero attached hydrogens (tertiary/aromatic N) is 2. The number of carbonyl (C=O) groups is 1. The van der Waals surface area contributed by atoms with Crippen LogP contribution in [0.3, 0.4) is 0 Å². The molecule has 35 heavy (non-hydrogen) atoms. The Hall–Kier alpha value is -3.75. The summed E-state index contributed by atoms with van der Waals surface area (Å²) >= 11 is 0. The minimum absolute atomic E-state index is 0.143. The number of hydrogen-bond donors (Lipinski definition) is 0. The van der Waals surface area contributed by atoms with Crippen molar-refractivity contribution in [3.05, 3.63) is 77.6 Å². The molecule has 1 amide bonds. The van der Waals surface area contributed by atoms with Crippen molar-refractivity contribution in [2.24, 2.45) is 0 Å². The van der Waals surface area contributed by atoms with Gasteiger partial charge < -0.3 is 19.1 Å². The Bertz CT molecular complexity index is 1150. The first kappa shape index (κ1) is 25.9. The summed E-state index contributed by atoms with van der Waals surface area (Å²) in [7, 11) is 1.63. The molecule has 5 rings (SSSR count). The summed E-state index contributed by atoms with van der Waals surface area (Å²) in [5.41, 5.74) is 0.533. The van der Waals surface area contributed by atoms with Crippen LogP contribution in [-0.2, 0) is 23.9 Å². The molecule has 3 aromatic rings. The van der Waals surface area contributed by atoms with Crippen molar-refractivity contribution in [3.63, 3.8) is 0 Å². The number of carbonyl (C=O) groups excluding carboxylic acids is 1. The van der Waals surface area contributed by atoms with Gasteiger partial charge in [-0.05, 0) is 35.9 Å². The summed E-state index contributed by atoms with van der Waals surface area (Å²) in [6.45, 7) is 5.06. The van der Waals surface area contributed by atoms with Crippen molar-refractivity contribution in [1.82, 2.24) is 4.98 Å². The second-order valence-electron chi connectivity index (χ2n) is 7.29. The quantitative estimate of drug-likeness (QED) is 0.475. The number of ether oxygens (including phenoxy) is 3. The minimum atomic E-state index is -4.48. The zero-order valence-corrected chi connectivity index (χ0v) is 19.8. The Kier molecular flexibility index (Phi) is 8.57. The van der Waals surface area contributed by atoms with Gasteiger partial charge in [0.25, 0.3) is 0 Å².